The van der Waals surface area contributed by atoms with Crippen LogP contribution >= 0.6 is 0 Å². The van der Waals surface area contributed by atoms with Gasteiger partial charge in [0.2, 0.25) is 0 Å². The molecular formula is C8H13N4NaO3. The Labute approximate surface area is 116 Å². The number of anilines is 1. The summed E-state index contributed by atoms with van der Waals surface area (Å²) in [5.74, 6) is 3.92. The maximum atomic E-state index is 10.6. The van der Waals surface area contributed by atoms with E-state index in [9.17, 15) is 4.79 Å². The van der Waals surface area contributed by atoms with E-state index >= 15 is 0 Å². The number of benzene rings is 1. The summed E-state index contributed by atoms with van der Waals surface area (Å²) in [7, 11) is 0. The van der Waals surface area contributed by atoms with Crippen molar-refractivity contribution in [2.45, 2.75) is 0 Å². The van der Waals surface area contributed by atoms with Gasteiger partial charge in [0.1, 0.15) is 6.34 Å². The van der Waals surface area contributed by atoms with Crippen LogP contribution in [0.5, 0.6) is 0 Å². The minimum atomic E-state index is -1.05. The molecule has 8 heteroatoms. The van der Waals surface area contributed by atoms with Gasteiger partial charge in [0.05, 0.1) is 11.3 Å². The largest absolute Gasteiger partial charge is 1.00 e. The smallest absolute Gasteiger partial charge is 1.00 e. The number of carbonyl (C=O) groups is 1. The quantitative estimate of drug-likeness (QED) is 0.107. The molecule has 0 saturated carbocycles. The summed E-state index contributed by atoms with van der Waals surface area (Å²) in [5.41, 5.74) is 8.55. The van der Waals surface area contributed by atoms with Crippen molar-refractivity contribution in [3.63, 3.8) is 0 Å². The van der Waals surface area contributed by atoms with Gasteiger partial charge in [-0.3, -0.25) is 0 Å². The number of nitrogen functional groups attached to an aromatic ring is 1. The van der Waals surface area contributed by atoms with Gasteiger partial charge < -0.3 is 23.2 Å². The molecule has 0 saturated heterocycles. The molecule has 0 unspecified atom stereocenters. The first-order valence-corrected chi connectivity index (χ1v) is 3.76. The van der Waals surface area contributed by atoms with E-state index in [1.54, 1.807) is 6.07 Å². The summed E-state index contributed by atoms with van der Waals surface area (Å²) in [6, 6.07) is 4.30. The number of carboxylic acids is 1. The normalized spacial score (nSPS) is 9.06. The van der Waals surface area contributed by atoms with E-state index in [1.807, 2.05) is 0 Å². The van der Waals surface area contributed by atoms with Gasteiger partial charge in [0, 0.05) is 5.69 Å². The fourth-order valence-electron chi connectivity index (χ4n) is 0.944. The molecule has 1 rings (SSSR count). The van der Waals surface area contributed by atoms with Crippen LogP contribution in [0.2, 0.25) is 0 Å². The number of hydrogen-bond donors (Lipinski definition) is 4. The molecule has 0 bridgehead atoms. The van der Waals surface area contributed by atoms with Gasteiger partial charge in [0.15, 0.2) is 0 Å². The SMILES string of the molecule is NNC=Nc1cc(N)cc(C(=O)O)c1.O.[H-].[Na+]. The zero-order valence-electron chi connectivity index (χ0n) is 9.77. The van der Waals surface area contributed by atoms with Crippen molar-refractivity contribution in [2.24, 2.45) is 10.8 Å². The molecule has 16 heavy (non-hydrogen) atoms. The number of aliphatic imine (C=N–C) groups is 1. The van der Waals surface area contributed by atoms with Crippen LogP contribution in [0.15, 0.2) is 23.2 Å². The summed E-state index contributed by atoms with van der Waals surface area (Å²) in [4.78, 5) is 14.5. The molecule has 0 amide bonds. The number of carboxylic acid groups (broad SMARTS) is 1. The fourth-order valence-corrected chi connectivity index (χ4v) is 0.944. The standard InChI is InChI=1S/C8H10N4O2.Na.H2O.H/c9-6-1-5(8(13)14)2-7(3-6)11-4-12-10;;;/h1-4H,9-10H2,(H,11,12)(H,13,14);;1H2;/q;+1;;-1. The monoisotopic (exact) mass is 236 g/mol. The molecular weight excluding hydrogens is 223 g/mol. The van der Waals surface area contributed by atoms with Crippen LogP contribution in [-0.4, -0.2) is 22.9 Å². The van der Waals surface area contributed by atoms with Crippen LogP contribution in [0.25, 0.3) is 0 Å². The number of hydrazine groups is 1. The predicted octanol–water partition coefficient (Wildman–Crippen LogP) is -3.62. The molecule has 0 aliphatic heterocycles. The molecule has 0 aliphatic rings. The van der Waals surface area contributed by atoms with Gasteiger partial charge in [-0.25, -0.2) is 15.6 Å². The number of nitrogens with two attached hydrogens (primary N) is 2. The van der Waals surface area contributed by atoms with Gasteiger partial charge >= 0.3 is 35.5 Å². The van der Waals surface area contributed by atoms with E-state index < -0.39 is 5.97 Å². The summed E-state index contributed by atoms with van der Waals surface area (Å²) in [6.45, 7) is 0. The number of rotatable bonds is 3. The Balaban J connectivity index is -0.000000653. The van der Waals surface area contributed by atoms with Crippen LogP contribution in [0.1, 0.15) is 11.8 Å². The first-order valence-electron chi connectivity index (χ1n) is 3.76. The molecule has 8 N–H and O–H groups in total. The average molecular weight is 236 g/mol. The topological polar surface area (TPSA) is 145 Å². The van der Waals surface area contributed by atoms with E-state index in [2.05, 4.69) is 10.4 Å². The maximum absolute atomic E-state index is 10.6. The van der Waals surface area contributed by atoms with Gasteiger partial charge in [0.25, 0.3) is 0 Å². The zero-order chi connectivity index (χ0) is 10.6. The molecule has 0 aromatic heterocycles. The number of nitrogens with one attached hydrogen (secondary N) is 1. The van der Waals surface area contributed by atoms with Crippen molar-refractivity contribution in [2.75, 3.05) is 5.73 Å². The van der Waals surface area contributed by atoms with Crippen molar-refractivity contribution in [3.05, 3.63) is 23.8 Å². The first-order chi connectivity index (χ1) is 6.63. The minimum absolute atomic E-state index is 0. The summed E-state index contributed by atoms with van der Waals surface area (Å²) < 4.78 is 0. The third-order valence-electron chi connectivity index (χ3n) is 1.48. The molecule has 0 atom stereocenters. The van der Waals surface area contributed by atoms with Crippen molar-refractivity contribution in [1.82, 2.24) is 5.43 Å². The molecule has 0 heterocycles. The van der Waals surface area contributed by atoms with E-state index in [1.165, 1.54) is 18.5 Å². The molecule has 0 spiro atoms. The second-order valence-electron chi connectivity index (χ2n) is 2.54. The Morgan fingerprint density at radius 1 is 1.50 bits per heavy atom. The summed E-state index contributed by atoms with van der Waals surface area (Å²) in [5, 5.41) is 8.71. The van der Waals surface area contributed by atoms with Gasteiger partial charge in [-0.15, -0.1) is 0 Å². The molecule has 0 radical (unpaired) electrons. The minimum Gasteiger partial charge on any atom is -1.00 e. The van der Waals surface area contributed by atoms with E-state index in [0.29, 0.717) is 11.4 Å². The average Bonchev–Trinajstić information content (AvgIpc) is 2.14. The van der Waals surface area contributed by atoms with Crippen molar-refractivity contribution < 1.29 is 46.4 Å². The summed E-state index contributed by atoms with van der Waals surface area (Å²) >= 11 is 0. The summed E-state index contributed by atoms with van der Waals surface area (Å²) in [6.07, 6.45) is 1.24. The molecule has 0 aliphatic carbocycles. The van der Waals surface area contributed by atoms with E-state index in [0.717, 1.165) is 0 Å². The number of aromatic carboxylic acids is 1. The van der Waals surface area contributed by atoms with Crippen LogP contribution in [0.4, 0.5) is 11.4 Å². The van der Waals surface area contributed by atoms with Crippen molar-refractivity contribution in [1.29, 1.82) is 0 Å². The van der Waals surface area contributed by atoms with Crippen LogP contribution in [0.3, 0.4) is 0 Å². The Bertz CT molecular complexity index is 389. The fraction of sp³-hybridized carbons (Fsp3) is 0. The van der Waals surface area contributed by atoms with Crippen molar-refractivity contribution in [3.8, 4) is 0 Å². The molecule has 0 fully saturated rings. The predicted molar refractivity (Wildman–Crippen MR) is 58.0 cm³/mol. The first kappa shape index (κ1) is 17.3. The van der Waals surface area contributed by atoms with E-state index in [4.69, 9.17) is 16.7 Å². The van der Waals surface area contributed by atoms with Crippen LogP contribution in [0, 0.1) is 0 Å². The van der Waals surface area contributed by atoms with Gasteiger partial charge in [-0.1, -0.05) is 0 Å². The van der Waals surface area contributed by atoms with E-state index in [-0.39, 0.29) is 42.0 Å². The number of nitrogens with zero attached hydrogens (tertiary/aromatic N) is 1. The zero-order valence-corrected chi connectivity index (χ0v) is 10.8. The van der Waals surface area contributed by atoms with Crippen LogP contribution in [-0.2, 0) is 0 Å². The third-order valence-corrected chi connectivity index (χ3v) is 1.48. The Morgan fingerprint density at radius 3 is 2.62 bits per heavy atom. The maximum Gasteiger partial charge on any atom is 1.00 e. The second-order valence-corrected chi connectivity index (χ2v) is 2.54. The Kier molecular flexibility index (Phi) is 8.73. The molecule has 1 aromatic rings. The van der Waals surface area contributed by atoms with Gasteiger partial charge in [-0.2, -0.15) is 0 Å². The second kappa shape index (κ2) is 8.08. The Morgan fingerprint density at radius 2 is 2.12 bits per heavy atom. The molecule has 84 valence electrons. The van der Waals surface area contributed by atoms with Crippen molar-refractivity contribution >= 4 is 23.7 Å². The van der Waals surface area contributed by atoms with Gasteiger partial charge in [-0.05, 0) is 18.2 Å². The number of hydrogen-bond acceptors (Lipinski definition) is 4. The molecule has 1 aromatic carbocycles. The third kappa shape index (κ3) is 5.10. The van der Waals surface area contributed by atoms with Crippen LogP contribution < -0.4 is 46.6 Å². The Hall–Kier alpha value is -1.12. The molecule has 7 nitrogen and oxygen atoms in total.